The molecule has 0 saturated carbocycles. The molecule has 2 aromatic carbocycles. The van der Waals surface area contributed by atoms with Crippen molar-refractivity contribution in [1.29, 1.82) is 0 Å². The van der Waals surface area contributed by atoms with Crippen LogP contribution < -0.4 is 14.5 Å². The number of aliphatic hydroxyl groups excluding tert-OH is 1. The van der Waals surface area contributed by atoms with Crippen LogP contribution >= 0.6 is 0 Å². The first-order valence-electron chi connectivity index (χ1n) is 7.65. The first kappa shape index (κ1) is 18.0. The minimum atomic E-state index is -3.84. The Morgan fingerprint density at radius 1 is 1.12 bits per heavy atom. The molecule has 0 fully saturated rings. The minimum Gasteiger partial charge on any atom is -0.497 e. The monoisotopic (exact) mass is 375 g/mol. The molecule has 1 heterocycles. The van der Waals surface area contributed by atoms with Gasteiger partial charge in [-0.3, -0.25) is 9.36 Å². The third-order valence-corrected chi connectivity index (χ3v) is 4.28. The normalized spacial score (nSPS) is 11.5. The summed E-state index contributed by atoms with van der Waals surface area (Å²) in [6, 6.07) is 11.5. The number of nitrogens with zero attached hydrogens (tertiary/aromatic N) is 1. The van der Waals surface area contributed by atoms with E-state index in [0.717, 1.165) is 6.26 Å². The lowest BCUT2D eigenvalue weighted by atomic mass is 10.1. The van der Waals surface area contributed by atoms with Gasteiger partial charge in [-0.05, 0) is 53.4 Å². The second-order valence-electron chi connectivity index (χ2n) is 5.69. The van der Waals surface area contributed by atoms with E-state index in [1.807, 2.05) is 0 Å². The van der Waals surface area contributed by atoms with Crippen molar-refractivity contribution in [3.8, 4) is 17.2 Å². The number of fused-ring (bicyclic) bond motifs is 1. The van der Waals surface area contributed by atoms with E-state index < -0.39 is 15.7 Å². The number of hydrogen-bond donors (Lipinski definition) is 1. The van der Waals surface area contributed by atoms with Crippen LogP contribution in [0.15, 0.2) is 53.5 Å². The lowest BCUT2D eigenvalue weighted by Crippen LogP contribution is -2.19. The van der Waals surface area contributed by atoms with Crippen LogP contribution in [0.5, 0.6) is 11.5 Å². The zero-order chi connectivity index (χ0) is 18.9. The fourth-order valence-electron chi connectivity index (χ4n) is 2.67. The second kappa shape index (κ2) is 6.81. The van der Waals surface area contributed by atoms with Crippen molar-refractivity contribution in [2.45, 2.75) is 6.61 Å². The van der Waals surface area contributed by atoms with Gasteiger partial charge >= 0.3 is 10.1 Å². The third kappa shape index (κ3) is 3.56. The van der Waals surface area contributed by atoms with E-state index in [9.17, 15) is 18.3 Å². The molecule has 0 amide bonds. The molecule has 26 heavy (non-hydrogen) atoms. The lowest BCUT2D eigenvalue weighted by Gasteiger charge is -2.12. The average molecular weight is 375 g/mol. The summed E-state index contributed by atoms with van der Waals surface area (Å²) < 4.78 is 34.6. The van der Waals surface area contributed by atoms with Crippen molar-refractivity contribution >= 4 is 20.9 Å². The predicted octanol–water partition coefficient (Wildman–Crippen LogP) is 1.83. The predicted molar refractivity (Wildman–Crippen MR) is 97.5 cm³/mol. The Labute approximate surface area is 150 Å². The van der Waals surface area contributed by atoms with Crippen LogP contribution in [-0.2, 0) is 16.7 Å². The number of aromatic nitrogens is 1. The van der Waals surface area contributed by atoms with E-state index in [1.54, 1.807) is 49.7 Å². The number of methoxy groups -OCH3 is 1. The Bertz CT molecular complexity index is 1120. The number of rotatable bonds is 5. The van der Waals surface area contributed by atoms with Gasteiger partial charge in [0, 0.05) is 11.9 Å². The number of aliphatic hydroxyl groups is 1. The quantitative estimate of drug-likeness (QED) is 0.684. The van der Waals surface area contributed by atoms with Crippen LogP contribution in [-0.4, -0.2) is 31.5 Å². The van der Waals surface area contributed by atoms with E-state index in [1.165, 1.54) is 10.6 Å². The molecule has 0 saturated heterocycles. The van der Waals surface area contributed by atoms with Gasteiger partial charge in [0.05, 0.1) is 25.4 Å². The van der Waals surface area contributed by atoms with Gasteiger partial charge in [-0.1, -0.05) is 0 Å². The first-order valence-corrected chi connectivity index (χ1v) is 9.47. The Hall–Kier alpha value is -2.84. The summed E-state index contributed by atoms with van der Waals surface area (Å²) in [7, 11) is -2.30. The number of pyridine rings is 1. The van der Waals surface area contributed by atoms with Crippen molar-refractivity contribution in [2.75, 3.05) is 13.4 Å². The molecular formula is C18H17NO6S. The summed E-state index contributed by atoms with van der Waals surface area (Å²) in [4.78, 5) is 13.0. The zero-order valence-electron chi connectivity index (χ0n) is 14.2. The molecule has 0 unspecified atom stereocenters. The van der Waals surface area contributed by atoms with Crippen molar-refractivity contribution < 1.29 is 22.4 Å². The summed E-state index contributed by atoms with van der Waals surface area (Å²) in [6.07, 6.45) is 2.48. The molecule has 1 aromatic heterocycles. The highest BCUT2D eigenvalue weighted by molar-refractivity contribution is 7.86. The molecule has 7 nitrogen and oxygen atoms in total. The Morgan fingerprint density at radius 3 is 2.38 bits per heavy atom. The maximum atomic E-state index is 13.0. The molecular weight excluding hydrogens is 358 g/mol. The van der Waals surface area contributed by atoms with E-state index in [4.69, 9.17) is 8.92 Å². The van der Waals surface area contributed by atoms with Crippen molar-refractivity contribution in [3.05, 3.63) is 64.6 Å². The first-order chi connectivity index (χ1) is 12.3. The lowest BCUT2D eigenvalue weighted by molar-refractivity contribution is 0.281. The Balaban J connectivity index is 2.26. The van der Waals surface area contributed by atoms with Crippen LogP contribution in [0.2, 0.25) is 0 Å². The number of benzene rings is 2. The highest BCUT2D eigenvalue weighted by Crippen LogP contribution is 2.27. The standard InChI is InChI=1S/C18H17NO6S/c1-24-15-5-3-14(4-6-15)19-8-7-13-9-12(11-20)10-16(17(13)18(19)21)25-26(2,22)23/h3-10,20H,11H2,1-2H3. The molecule has 0 radical (unpaired) electrons. The van der Waals surface area contributed by atoms with Crippen LogP contribution in [0.25, 0.3) is 16.5 Å². The molecule has 3 rings (SSSR count). The van der Waals surface area contributed by atoms with Gasteiger partial charge in [-0.2, -0.15) is 8.42 Å². The van der Waals surface area contributed by atoms with Crippen LogP contribution in [0.1, 0.15) is 5.56 Å². The minimum absolute atomic E-state index is 0.109. The Morgan fingerprint density at radius 2 is 1.81 bits per heavy atom. The molecule has 0 aliphatic carbocycles. The van der Waals surface area contributed by atoms with Crippen LogP contribution in [0, 0.1) is 0 Å². The highest BCUT2D eigenvalue weighted by Gasteiger charge is 2.15. The summed E-state index contributed by atoms with van der Waals surface area (Å²) in [6.45, 7) is -0.308. The Kier molecular flexibility index (Phi) is 4.71. The van der Waals surface area contributed by atoms with Crippen LogP contribution in [0.3, 0.4) is 0 Å². The fraction of sp³-hybridized carbons (Fsp3) is 0.167. The van der Waals surface area contributed by atoms with E-state index in [-0.39, 0.29) is 17.7 Å². The second-order valence-corrected chi connectivity index (χ2v) is 7.27. The fourth-order valence-corrected chi connectivity index (χ4v) is 3.12. The summed E-state index contributed by atoms with van der Waals surface area (Å²) in [5.74, 6) is 0.540. The smallest absolute Gasteiger partial charge is 0.306 e. The largest absolute Gasteiger partial charge is 0.497 e. The van der Waals surface area contributed by atoms with Gasteiger partial charge < -0.3 is 14.0 Å². The number of hydrogen-bond acceptors (Lipinski definition) is 6. The van der Waals surface area contributed by atoms with E-state index in [0.29, 0.717) is 22.4 Å². The average Bonchev–Trinajstić information content (AvgIpc) is 2.60. The summed E-state index contributed by atoms with van der Waals surface area (Å²) in [5.41, 5.74) is 0.600. The molecule has 0 aliphatic rings. The maximum Gasteiger partial charge on any atom is 0.306 e. The molecule has 3 aromatic rings. The number of ether oxygens (including phenoxy) is 1. The van der Waals surface area contributed by atoms with Gasteiger partial charge in [-0.15, -0.1) is 0 Å². The van der Waals surface area contributed by atoms with Crippen LogP contribution in [0.4, 0.5) is 0 Å². The summed E-state index contributed by atoms with van der Waals surface area (Å²) >= 11 is 0. The highest BCUT2D eigenvalue weighted by atomic mass is 32.2. The van der Waals surface area contributed by atoms with Gasteiger partial charge in [0.15, 0.2) is 5.75 Å². The molecule has 0 aliphatic heterocycles. The molecule has 1 N–H and O–H groups in total. The van der Waals surface area contributed by atoms with Gasteiger partial charge in [0.25, 0.3) is 5.56 Å². The van der Waals surface area contributed by atoms with Crippen molar-refractivity contribution in [3.63, 3.8) is 0 Å². The van der Waals surface area contributed by atoms with Gasteiger partial charge in [0.2, 0.25) is 0 Å². The van der Waals surface area contributed by atoms with Gasteiger partial charge in [-0.25, -0.2) is 0 Å². The van der Waals surface area contributed by atoms with Crippen molar-refractivity contribution in [1.82, 2.24) is 4.57 Å². The van der Waals surface area contributed by atoms with E-state index in [2.05, 4.69) is 0 Å². The SMILES string of the molecule is COc1ccc(-n2ccc3cc(CO)cc(OS(C)(=O)=O)c3c2=O)cc1. The molecule has 0 spiro atoms. The third-order valence-electron chi connectivity index (χ3n) is 3.80. The molecule has 136 valence electrons. The van der Waals surface area contributed by atoms with Crippen molar-refractivity contribution in [2.24, 2.45) is 0 Å². The maximum absolute atomic E-state index is 13.0. The summed E-state index contributed by atoms with van der Waals surface area (Å²) in [5, 5.41) is 9.96. The zero-order valence-corrected chi connectivity index (χ0v) is 15.0. The topological polar surface area (TPSA) is 94.8 Å². The van der Waals surface area contributed by atoms with Gasteiger partial charge in [0.1, 0.15) is 5.75 Å². The molecule has 0 bridgehead atoms. The van der Waals surface area contributed by atoms with E-state index >= 15 is 0 Å². The molecule has 0 atom stereocenters. The molecule has 8 heteroatoms.